The average molecular weight is 277 g/mol. The Labute approximate surface area is 125 Å². The van der Waals surface area contributed by atoms with Crippen molar-refractivity contribution in [2.24, 2.45) is 5.73 Å². The highest BCUT2D eigenvalue weighted by atomic mass is 15.2. The summed E-state index contributed by atoms with van der Waals surface area (Å²) >= 11 is 0. The summed E-state index contributed by atoms with van der Waals surface area (Å²) in [4.78, 5) is 6.88. The smallest absolute Gasteiger partial charge is 0.129 e. The number of aromatic nitrogens is 1. The van der Waals surface area contributed by atoms with Gasteiger partial charge in [0.15, 0.2) is 0 Å². The van der Waals surface area contributed by atoms with Crippen molar-refractivity contribution in [3.8, 4) is 0 Å². The van der Waals surface area contributed by atoms with Crippen molar-refractivity contribution in [1.82, 2.24) is 4.98 Å². The van der Waals surface area contributed by atoms with Gasteiger partial charge in [0.05, 0.1) is 5.52 Å². The zero-order chi connectivity index (χ0) is 14.7. The van der Waals surface area contributed by atoms with Crippen LogP contribution in [-0.2, 0) is 13.1 Å². The molecule has 0 aliphatic carbocycles. The quantitative estimate of drug-likeness (QED) is 0.795. The Hall–Kier alpha value is -2.39. The van der Waals surface area contributed by atoms with Gasteiger partial charge < -0.3 is 10.6 Å². The van der Waals surface area contributed by atoms with Gasteiger partial charge >= 0.3 is 0 Å². The van der Waals surface area contributed by atoms with Crippen LogP contribution in [0.15, 0.2) is 60.7 Å². The summed E-state index contributed by atoms with van der Waals surface area (Å²) in [6, 6.07) is 20.6. The van der Waals surface area contributed by atoms with Crippen LogP contribution in [0.3, 0.4) is 0 Å². The summed E-state index contributed by atoms with van der Waals surface area (Å²) in [7, 11) is 2.06. The number of nitrogens with zero attached hydrogens (tertiary/aromatic N) is 2. The van der Waals surface area contributed by atoms with Crippen LogP contribution < -0.4 is 10.6 Å². The largest absolute Gasteiger partial charge is 0.355 e. The second-order valence-corrected chi connectivity index (χ2v) is 5.19. The molecule has 1 aromatic heterocycles. The Kier molecular flexibility index (Phi) is 3.84. The van der Waals surface area contributed by atoms with Gasteiger partial charge in [-0.1, -0.05) is 42.5 Å². The third-order valence-corrected chi connectivity index (χ3v) is 3.72. The Balaban J connectivity index is 1.88. The van der Waals surface area contributed by atoms with E-state index in [4.69, 9.17) is 10.7 Å². The molecule has 3 heteroatoms. The molecular weight excluding hydrogens is 258 g/mol. The molecule has 0 fully saturated rings. The first kappa shape index (κ1) is 13.6. The van der Waals surface area contributed by atoms with Crippen LogP contribution in [0.1, 0.15) is 11.1 Å². The van der Waals surface area contributed by atoms with Crippen LogP contribution in [-0.4, -0.2) is 12.0 Å². The number of hydrogen-bond donors (Lipinski definition) is 1. The average Bonchev–Trinajstić information content (AvgIpc) is 2.55. The summed E-state index contributed by atoms with van der Waals surface area (Å²) in [5, 5.41) is 1.16. The van der Waals surface area contributed by atoms with E-state index in [1.54, 1.807) is 0 Å². The molecule has 3 nitrogen and oxygen atoms in total. The van der Waals surface area contributed by atoms with Crippen molar-refractivity contribution in [2.45, 2.75) is 13.1 Å². The Morgan fingerprint density at radius 2 is 1.62 bits per heavy atom. The maximum Gasteiger partial charge on any atom is 0.129 e. The fourth-order valence-corrected chi connectivity index (χ4v) is 2.52. The molecule has 3 rings (SSSR count). The van der Waals surface area contributed by atoms with Gasteiger partial charge in [-0.05, 0) is 29.3 Å². The molecule has 0 amide bonds. The number of para-hydroxylation sites is 1. The van der Waals surface area contributed by atoms with Gasteiger partial charge in [0, 0.05) is 25.5 Å². The molecule has 2 aromatic carbocycles. The van der Waals surface area contributed by atoms with Crippen LogP contribution in [0.25, 0.3) is 10.9 Å². The highest BCUT2D eigenvalue weighted by Gasteiger charge is 2.07. The summed E-state index contributed by atoms with van der Waals surface area (Å²) < 4.78 is 0. The van der Waals surface area contributed by atoms with Crippen molar-refractivity contribution in [1.29, 1.82) is 0 Å². The lowest BCUT2D eigenvalue weighted by Gasteiger charge is -2.20. The number of hydrogen-bond acceptors (Lipinski definition) is 3. The maximum atomic E-state index is 5.81. The molecule has 21 heavy (non-hydrogen) atoms. The first-order chi connectivity index (χ1) is 10.3. The second-order valence-electron chi connectivity index (χ2n) is 5.19. The SMILES string of the molecule is CN(Cc1ccccc1CN)c1ccc2ccccc2n1. The lowest BCUT2D eigenvalue weighted by molar-refractivity contribution is 0.880. The Bertz CT molecular complexity index is 752. The molecule has 3 aromatic rings. The lowest BCUT2D eigenvalue weighted by atomic mass is 10.1. The Morgan fingerprint density at radius 1 is 0.905 bits per heavy atom. The van der Waals surface area contributed by atoms with E-state index in [9.17, 15) is 0 Å². The van der Waals surface area contributed by atoms with Crippen LogP contribution >= 0.6 is 0 Å². The van der Waals surface area contributed by atoms with Crippen LogP contribution in [0.2, 0.25) is 0 Å². The maximum absolute atomic E-state index is 5.81. The van der Waals surface area contributed by atoms with Gasteiger partial charge in [0.25, 0.3) is 0 Å². The minimum absolute atomic E-state index is 0.565. The molecule has 106 valence electrons. The molecule has 0 saturated heterocycles. The van der Waals surface area contributed by atoms with Crippen LogP contribution in [0.5, 0.6) is 0 Å². The van der Waals surface area contributed by atoms with Crippen molar-refractivity contribution >= 4 is 16.7 Å². The van der Waals surface area contributed by atoms with E-state index in [0.717, 1.165) is 23.3 Å². The topological polar surface area (TPSA) is 42.1 Å². The molecule has 0 unspecified atom stereocenters. The highest BCUT2D eigenvalue weighted by Crippen LogP contribution is 2.19. The zero-order valence-electron chi connectivity index (χ0n) is 12.2. The summed E-state index contributed by atoms with van der Waals surface area (Å²) in [6.45, 7) is 1.37. The van der Waals surface area contributed by atoms with Gasteiger partial charge in [0.1, 0.15) is 5.82 Å². The molecule has 1 heterocycles. The van der Waals surface area contributed by atoms with Gasteiger partial charge in [0.2, 0.25) is 0 Å². The van der Waals surface area contributed by atoms with E-state index >= 15 is 0 Å². The highest BCUT2D eigenvalue weighted by molar-refractivity contribution is 5.80. The van der Waals surface area contributed by atoms with E-state index in [0.29, 0.717) is 6.54 Å². The minimum atomic E-state index is 0.565. The molecule has 0 atom stereocenters. The fraction of sp³-hybridized carbons (Fsp3) is 0.167. The lowest BCUT2D eigenvalue weighted by Crippen LogP contribution is -2.19. The van der Waals surface area contributed by atoms with E-state index in [1.807, 2.05) is 24.3 Å². The van der Waals surface area contributed by atoms with Crippen LogP contribution in [0, 0.1) is 0 Å². The monoisotopic (exact) mass is 277 g/mol. The van der Waals surface area contributed by atoms with Crippen molar-refractivity contribution in [2.75, 3.05) is 11.9 Å². The molecule has 2 N–H and O–H groups in total. The number of rotatable bonds is 4. The third kappa shape index (κ3) is 2.88. The first-order valence-corrected chi connectivity index (χ1v) is 7.12. The number of pyridine rings is 1. The van der Waals surface area contributed by atoms with E-state index in [1.165, 1.54) is 11.1 Å². The van der Waals surface area contributed by atoms with Gasteiger partial charge in [-0.15, -0.1) is 0 Å². The van der Waals surface area contributed by atoms with E-state index in [-0.39, 0.29) is 0 Å². The second kappa shape index (κ2) is 5.94. The number of benzene rings is 2. The molecule has 0 radical (unpaired) electrons. The van der Waals surface area contributed by atoms with E-state index < -0.39 is 0 Å². The summed E-state index contributed by atoms with van der Waals surface area (Å²) in [5.74, 6) is 0.973. The predicted molar refractivity (Wildman–Crippen MR) is 88.2 cm³/mol. The van der Waals surface area contributed by atoms with Gasteiger partial charge in [-0.2, -0.15) is 0 Å². The van der Waals surface area contributed by atoms with Gasteiger partial charge in [-0.25, -0.2) is 4.98 Å². The summed E-state index contributed by atoms with van der Waals surface area (Å²) in [5.41, 5.74) is 9.26. The van der Waals surface area contributed by atoms with Crippen molar-refractivity contribution in [3.63, 3.8) is 0 Å². The third-order valence-electron chi connectivity index (χ3n) is 3.72. The number of fused-ring (bicyclic) bond motifs is 1. The molecular formula is C18H19N3. The zero-order valence-corrected chi connectivity index (χ0v) is 12.2. The standard InChI is InChI=1S/C18H19N3/c1-21(13-16-8-3-2-7-15(16)12-19)18-11-10-14-6-4-5-9-17(14)20-18/h2-11H,12-13,19H2,1H3. The van der Waals surface area contributed by atoms with Crippen molar-refractivity contribution < 1.29 is 0 Å². The predicted octanol–water partition coefficient (Wildman–Crippen LogP) is 3.33. The molecule has 0 aliphatic rings. The number of nitrogens with two attached hydrogens (primary N) is 1. The normalized spacial score (nSPS) is 10.8. The van der Waals surface area contributed by atoms with Gasteiger partial charge in [-0.3, -0.25) is 0 Å². The molecule has 0 aliphatic heterocycles. The van der Waals surface area contributed by atoms with Crippen molar-refractivity contribution in [3.05, 3.63) is 71.8 Å². The number of anilines is 1. The molecule has 0 saturated carbocycles. The van der Waals surface area contributed by atoms with E-state index in [2.05, 4.69) is 48.3 Å². The first-order valence-electron chi connectivity index (χ1n) is 7.12. The fourth-order valence-electron chi connectivity index (χ4n) is 2.52. The summed E-state index contributed by atoms with van der Waals surface area (Å²) in [6.07, 6.45) is 0. The Morgan fingerprint density at radius 3 is 2.43 bits per heavy atom. The minimum Gasteiger partial charge on any atom is -0.355 e. The molecule has 0 spiro atoms. The molecule has 0 bridgehead atoms. The van der Waals surface area contributed by atoms with Crippen LogP contribution in [0.4, 0.5) is 5.82 Å².